The maximum absolute atomic E-state index is 14.4. The molecule has 1 aliphatic rings. The van der Waals surface area contributed by atoms with Gasteiger partial charge < -0.3 is 28.1 Å². The van der Waals surface area contributed by atoms with Gasteiger partial charge in [-0.05, 0) is 103 Å². The highest BCUT2D eigenvalue weighted by Gasteiger charge is 2.48. The normalized spacial score (nSPS) is 18.2. The summed E-state index contributed by atoms with van der Waals surface area (Å²) in [7, 11) is -0.723. The van der Waals surface area contributed by atoms with Crippen molar-refractivity contribution in [1.82, 2.24) is 0 Å². The molecule has 0 amide bonds. The van der Waals surface area contributed by atoms with Crippen LogP contribution in [0.2, 0.25) is 16.6 Å². The average molecular weight is 849 g/mol. The third-order valence-corrected chi connectivity index (χ3v) is 18.6. The van der Waals surface area contributed by atoms with Crippen LogP contribution in [-0.2, 0) is 40.4 Å². The van der Waals surface area contributed by atoms with Crippen molar-refractivity contribution in [3.63, 3.8) is 0 Å². The third-order valence-electron chi connectivity index (χ3n) is 12.4. The van der Waals surface area contributed by atoms with E-state index in [1.165, 1.54) is 0 Å². The predicted molar refractivity (Wildman–Crippen MR) is 249 cm³/mol. The van der Waals surface area contributed by atoms with Crippen LogP contribution in [0, 0.1) is 5.92 Å². The number of hydrogen-bond acceptors (Lipinski definition) is 7. The van der Waals surface area contributed by atoms with Gasteiger partial charge in [0.15, 0.2) is 11.6 Å². The van der Waals surface area contributed by atoms with Gasteiger partial charge >= 0.3 is 0 Å². The molecular formula is C53H72O7Si. The molecule has 0 saturated carbocycles. The van der Waals surface area contributed by atoms with Gasteiger partial charge in [-0.1, -0.05) is 158 Å². The van der Waals surface area contributed by atoms with Crippen molar-refractivity contribution >= 4 is 14.1 Å². The molecule has 1 saturated heterocycles. The van der Waals surface area contributed by atoms with Gasteiger partial charge in [-0.2, -0.15) is 0 Å². The van der Waals surface area contributed by atoms with Gasteiger partial charge in [-0.3, -0.25) is 4.79 Å². The van der Waals surface area contributed by atoms with E-state index in [2.05, 4.69) is 121 Å². The summed E-state index contributed by atoms with van der Waals surface area (Å²) in [6.45, 7) is 23.2. The lowest BCUT2D eigenvalue weighted by Gasteiger charge is -2.45. The number of rotatable bonds is 23. The average Bonchev–Trinajstić information content (AvgIpc) is 3.58. The topological polar surface area (TPSA) is 72.5 Å². The summed E-state index contributed by atoms with van der Waals surface area (Å²) in [5, 5.41) is 0. The molecule has 0 aliphatic carbocycles. The molecule has 4 atom stereocenters. The van der Waals surface area contributed by atoms with Gasteiger partial charge in [-0.25, -0.2) is 0 Å². The highest BCUT2D eigenvalue weighted by atomic mass is 28.4. The first-order chi connectivity index (χ1) is 29.1. The molecule has 0 bridgehead atoms. The molecule has 1 fully saturated rings. The SMILES string of the molecule is COc1ccc(COC[C@@H](C)CC[C@@H]2OC(C)(C)O[C@H]2C(=O)/C(C)=C/C[C@@H](COC(c2ccccc2)(c2ccccc2)c2ccccc2)O[Si](C(C)C)(C(C)C)C(C)C)cc1. The molecule has 4 aromatic carbocycles. The molecule has 4 aromatic rings. The van der Waals surface area contributed by atoms with Crippen molar-refractivity contribution in [2.45, 2.75) is 141 Å². The second kappa shape index (κ2) is 21.9. The van der Waals surface area contributed by atoms with Crippen LogP contribution in [0.1, 0.15) is 111 Å². The van der Waals surface area contributed by atoms with Gasteiger partial charge in [-0.15, -0.1) is 0 Å². The van der Waals surface area contributed by atoms with E-state index in [1.54, 1.807) is 7.11 Å². The minimum absolute atomic E-state index is 0.0501. The molecule has 1 heterocycles. The quantitative estimate of drug-likeness (QED) is 0.0418. The van der Waals surface area contributed by atoms with Gasteiger partial charge in [0, 0.05) is 6.61 Å². The highest BCUT2D eigenvalue weighted by molar-refractivity contribution is 6.77. The minimum Gasteiger partial charge on any atom is -0.497 e. The van der Waals surface area contributed by atoms with Gasteiger partial charge in [0.2, 0.25) is 8.32 Å². The van der Waals surface area contributed by atoms with Gasteiger partial charge in [0.1, 0.15) is 17.5 Å². The minimum atomic E-state index is -2.39. The number of Topliss-reactive ketones (excluding diaryl/α,β-unsaturated/α-hetero) is 1. The fraction of sp³-hybridized carbons (Fsp3) is 0.491. The molecular weight excluding hydrogens is 777 g/mol. The van der Waals surface area contributed by atoms with E-state index in [4.69, 9.17) is 28.1 Å². The van der Waals surface area contributed by atoms with Gasteiger partial charge in [0.25, 0.3) is 0 Å². The van der Waals surface area contributed by atoms with E-state index in [9.17, 15) is 4.79 Å². The Morgan fingerprint density at radius 3 is 1.72 bits per heavy atom. The summed E-state index contributed by atoms with van der Waals surface area (Å²) >= 11 is 0. The fourth-order valence-electron chi connectivity index (χ4n) is 9.37. The van der Waals surface area contributed by atoms with Crippen LogP contribution in [0.3, 0.4) is 0 Å². The smallest absolute Gasteiger partial charge is 0.200 e. The third kappa shape index (κ3) is 12.0. The lowest BCUT2D eigenvalue weighted by molar-refractivity contribution is -0.153. The predicted octanol–water partition coefficient (Wildman–Crippen LogP) is 12.6. The molecule has 8 heteroatoms. The first-order valence-electron chi connectivity index (χ1n) is 22.4. The zero-order valence-corrected chi connectivity index (χ0v) is 39.7. The Morgan fingerprint density at radius 2 is 1.25 bits per heavy atom. The number of methoxy groups -OCH3 is 1. The van der Waals surface area contributed by atoms with Crippen molar-refractivity contribution in [1.29, 1.82) is 0 Å². The first-order valence-corrected chi connectivity index (χ1v) is 24.5. The molecule has 0 spiro atoms. The maximum atomic E-state index is 14.4. The highest BCUT2D eigenvalue weighted by Crippen LogP contribution is 2.45. The largest absolute Gasteiger partial charge is 0.497 e. The first kappa shape index (κ1) is 48.1. The van der Waals surface area contributed by atoms with E-state index in [0.29, 0.717) is 54.9 Å². The molecule has 0 aromatic heterocycles. The van der Waals surface area contributed by atoms with Crippen molar-refractivity contribution in [2.75, 3.05) is 20.3 Å². The van der Waals surface area contributed by atoms with E-state index in [1.807, 2.05) is 69.3 Å². The second-order valence-electron chi connectivity index (χ2n) is 18.3. The Kier molecular flexibility index (Phi) is 17.3. The monoisotopic (exact) mass is 849 g/mol. The number of carbonyl (C=O) groups excluding carboxylic acids is 1. The maximum Gasteiger partial charge on any atom is 0.200 e. The van der Waals surface area contributed by atoms with E-state index < -0.39 is 25.8 Å². The number of benzene rings is 4. The van der Waals surface area contributed by atoms with Crippen LogP contribution in [0.15, 0.2) is 127 Å². The Balaban J connectivity index is 1.38. The lowest BCUT2D eigenvalue weighted by atomic mass is 9.80. The summed E-state index contributed by atoms with van der Waals surface area (Å²) < 4.78 is 39.0. The summed E-state index contributed by atoms with van der Waals surface area (Å²) in [6.07, 6.45) is 2.70. The van der Waals surface area contributed by atoms with Crippen molar-refractivity contribution < 1.29 is 32.9 Å². The molecule has 5 rings (SSSR count). The molecule has 0 unspecified atom stereocenters. The summed E-state index contributed by atoms with van der Waals surface area (Å²) in [4.78, 5) is 14.4. The second-order valence-corrected chi connectivity index (χ2v) is 23.7. The van der Waals surface area contributed by atoms with E-state index in [0.717, 1.165) is 34.4 Å². The zero-order valence-electron chi connectivity index (χ0n) is 38.7. The standard InChI is InChI=1S/C53H72O7Si/c1-38(2)61(39(3)4,40(5)6)60-48(37-57-53(44-21-15-12-16-22-44,45-23-17-13-18-24-45)46-25-19-14-20-26-46)31-28-42(8)50(54)51-49(58-52(9,10)59-51)34-27-41(7)35-56-36-43-29-32-47(55-11)33-30-43/h12-26,28-30,32-33,38-41,48-49,51H,27,31,34-37H2,1-11H3/b42-28+/t41-,48-,49-,51+/m0/s1. The number of hydrogen-bond donors (Lipinski definition) is 0. The van der Waals surface area contributed by atoms with Crippen LogP contribution >= 0.6 is 0 Å². The molecule has 0 N–H and O–H groups in total. The molecule has 7 nitrogen and oxygen atoms in total. The van der Waals surface area contributed by atoms with Crippen LogP contribution in [0.25, 0.3) is 0 Å². The van der Waals surface area contributed by atoms with Crippen LogP contribution in [-0.4, -0.2) is 58.5 Å². The van der Waals surface area contributed by atoms with Gasteiger partial charge in [0.05, 0.1) is 32.5 Å². The van der Waals surface area contributed by atoms with Crippen molar-refractivity contribution in [2.24, 2.45) is 5.92 Å². The number of ether oxygens (including phenoxy) is 5. The van der Waals surface area contributed by atoms with Crippen molar-refractivity contribution in [3.8, 4) is 5.75 Å². The molecule has 330 valence electrons. The van der Waals surface area contributed by atoms with Crippen LogP contribution in [0.4, 0.5) is 0 Å². The van der Waals surface area contributed by atoms with E-state index >= 15 is 0 Å². The van der Waals surface area contributed by atoms with Crippen LogP contribution < -0.4 is 4.74 Å². The summed E-state index contributed by atoms with van der Waals surface area (Å²) in [5.41, 5.74) is 5.07. The molecule has 61 heavy (non-hydrogen) atoms. The number of carbonyl (C=O) groups is 1. The summed E-state index contributed by atoms with van der Waals surface area (Å²) in [6, 6.07) is 39.4. The Morgan fingerprint density at radius 1 is 0.738 bits per heavy atom. The Labute approximate surface area is 368 Å². The van der Waals surface area contributed by atoms with Crippen LogP contribution in [0.5, 0.6) is 5.75 Å². The van der Waals surface area contributed by atoms with E-state index in [-0.39, 0.29) is 23.9 Å². The Bertz CT molecular complexity index is 1820. The number of ketones is 1. The molecule has 0 radical (unpaired) electrons. The molecule has 1 aliphatic heterocycles. The fourth-order valence-corrected chi connectivity index (χ4v) is 14.9. The summed E-state index contributed by atoms with van der Waals surface area (Å²) in [5.74, 6) is 0.185. The lowest BCUT2D eigenvalue weighted by Crippen LogP contribution is -2.51. The van der Waals surface area contributed by atoms with Crippen molar-refractivity contribution in [3.05, 3.63) is 149 Å². The zero-order chi connectivity index (χ0) is 44.2. The Hall–Kier alpha value is -3.89.